The van der Waals surface area contributed by atoms with Crippen LogP contribution in [0.5, 0.6) is 0 Å². The summed E-state index contributed by atoms with van der Waals surface area (Å²) >= 11 is 3.43. The van der Waals surface area contributed by atoms with E-state index >= 15 is 0 Å². The molecular weight excluding hydrogens is 348 g/mol. The lowest BCUT2D eigenvalue weighted by atomic mass is 10.2. The minimum atomic E-state index is -0.271. The first-order valence-electron chi connectivity index (χ1n) is 7.05. The second-order valence-corrected chi connectivity index (χ2v) is 6.33. The van der Waals surface area contributed by atoms with Crippen molar-refractivity contribution in [2.45, 2.75) is 6.42 Å². The number of rotatable bonds is 5. The average molecular weight is 365 g/mol. The summed E-state index contributed by atoms with van der Waals surface area (Å²) in [6, 6.07) is 5.60. The lowest BCUT2D eigenvalue weighted by molar-refractivity contribution is 0.405. The van der Waals surface area contributed by atoms with Crippen molar-refractivity contribution in [2.75, 3.05) is 32.5 Å². The number of furan rings is 1. The average Bonchev–Trinajstić information content (AvgIpc) is 2.82. The number of H-pyrrole nitrogens is 1. The van der Waals surface area contributed by atoms with E-state index < -0.39 is 0 Å². The lowest BCUT2D eigenvalue weighted by Crippen LogP contribution is -2.18. The highest BCUT2D eigenvalue weighted by molar-refractivity contribution is 9.10. The standard InChI is InChI=1S/C15H17BrN4O2/c1-20(2)7-3-6-17-15-18-12-10-8-9(16)4-5-11(10)22-13(12)14(21)19-15/h4-5,8H,3,6-7H2,1-2H3,(H2,17,18,19,21). The molecule has 0 atom stereocenters. The number of benzene rings is 1. The molecule has 0 saturated heterocycles. The Bertz CT molecular complexity index is 869. The first kappa shape index (κ1) is 15.1. The van der Waals surface area contributed by atoms with Gasteiger partial charge in [-0.2, -0.15) is 0 Å². The fraction of sp³-hybridized carbons (Fsp3) is 0.333. The van der Waals surface area contributed by atoms with Crippen molar-refractivity contribution in [1.82, 2.24) is 14.9 Å². The van der Waals surface area contributed by atoms with Gasteiger partial charge >= 0.3 is 0 Å². The number of nitrogens with one attached hydrogen (secondary N) is 2. The Balaban J connectivity index is 1.94. The van der Waals surface area contributed by atoms with Gasteiger partial charge in [0.15, 0.2) is 0 Å². The van der Waals surface area contributed by atoms with Crippen LogP contribution in [0.4, 0.5) is 5.95 Å². The van der Waals surface area contributed by atoms with Crippen LogP contribution in [0.15, 0.2) is 31.9 Å². The van der Waals surface area contributed by atoms with Gasteiger partial charge in [0.05, 0.1) is 0 Å². The molecule has 6 nitrogen and oxygen atoms in total. The third kappa shape index (κ3) is 3.00. The molecule has 3 rings (SSSR count). The third-order valence-electron chi connectivity index (χ3n) is 3.36. The number of nitrogens with zero attached hydrogens (tertiary/aromatic N) is 2. The van der Waals surface area contributed by atoms with Crippen molar-refractivity contribution >= 4 is 43.9 Å². The second kappa shape index (κ2) is 6.10. The quantitative estimate of drug-likeness (QED) is 0.681. The fourth-order valence-electron chi connectivity index (χ4n) is 2.31. The summed E-state index contributed by atoms with van der Waals surface area (Å²) in [5.74, 6) is 0.471. The van der Waals surface area contributed by atoms with Crippen molar-refractivity contribution in [2.24, 2.45) is 0 Å². The molecule has 0 amide bonds. The molecule has 116 valence electrons. The van der Waals surface area contributed by atoms with Crippen molar-refractivity contribution in [3.63, 3.8) is 0 Å². The summed E-state index contributed by atoms with van der Waals surface area (Å²) in [6.45, 7) is 1.72. The zero-order valence-corrected chi connectivity index (χ0v) is 14.0. The van der Waals surface area contributed by atoms with Gasteiger partial charge in [0.2, 0.25) is 11.5 Å². The Kier molecular flexibility index (Phi) is 4.17. The number of hydrogen-bond acceptors (Lipinski definition) is 5. The highest BCUT2D eigenvalue weighted by atomic mass is 79.9. The van der Waals surface area contributed by atoms with Gasteiger partial charge in [-0.05, 0) is 45.3 Å². The maximum absolute atomic E-state index is 12.1. The van der Waals surface area contributed by atoms with E-state index in [1.165, 1.54) is 0 Å². The Morgan fingerprint density at radius 1 is 1.41 bits per heavy atom. The topological polar surface area (TPSA) is 74.2 Å². The Hall–Kier alpha value is -1.86. The normalized spacial score (nSPS) is 11.6. The Morgan fingerprint density at radius 2 is 2.23 bits per heavy atom. The van der Waals surface area contributed by atoms with Gasteiger partial charge in [0, 0.05) is 16.4 Å². The Morgan fingerprint density at radius 3 is 3.00 bits per heavy atom. The van der Waals surface area contributed by atoms with Crippen molar-refractivity contribution < 1.29 is 4.42 Å². The molecule has 0 aliphatic carbocycles. The highest BCUT2D eigenvalue weighted by Crippen LogP contribution is 2.28. The van der Waals surface area contributed by atoms with Gasteiger partial charge in [-0.3, -0.25) is 9.78 Å². The summed E-state index contributed by atoms with van der Waals surface area (Å²) in [5.41, 5.74) is 1.22. The molecule has 0 unspecified atom stereocenters. The minimum Gasteiger partial charge on any atom is -0.449 e. The first-order chi connectivity index (χ1) is 10.5. The van der Waals surface area contributed by atoms with Gasteiger partial charge < -0.3 is 14.6 Å². The van der Waals surface area contributed by atoms with Crippen LogP contribution in [0.1, 0.15) is 6.42 Å². The van der Waals surface area contributed by atoms with Gasteiger partial charge in [-0.25, -0.2) is 4.98 Å². The predicted octanol–water partition coefficient (Wildman–Crippen LogP) is 2.80. The summed E-state index contributed by atoms with van der Waals surface area (Å²) in [6.07, 6.45) is 0.965. The van der Waals surface area contributed by atoms with Crippen molar-refractivity contribution in [3.05, 3.63) is 33.0 Å². The van der Waals surface area contributed by atoms with Crippen LogP contribution < -0.4 is 10.9 Å². The van der Waals surface area contributed by atoms with Crippen LogP contribution in [0.25, 0.3) is 22.1 Å². The zero-order valence-electron chi connectivity index (χ0n) is 12.4. The van der Waals surface area contributed by atoms with E-state index in [0.29, 0.717) is 17.0 Å². The molecule has 0 bridgehead atoms. The van der Waals surface area contributed by atoms with Gasteiger partial charge in [0.1, 0.15) is 11.1 Å². The van der Waals surface area contributed by atoms with Crippen LogP contribution in [0.3, 0.4) is 0 Å². The smallest absolute Gasteiger partial charge is 0.296 e. The van der Waals surface area contributed by atoms with Crippen LogP contribution >= 0.6 is 15.9 Å². The summed E-state index contributed by atoms with van der Waals surface area (Å²) < 4.78 is 6.51. The maximum Gasteiger partial charge on any atom is 0.296 e. The fourth-order valence-corrected chi connectivity index (χ4v) is 2.67. The third-order valence-corrected chi connectivity index (χ3v) is 3.85. The van der Waals surface area contributed by atoms with Crippen LogP contribution in [-0.4, -0.2) is 42.1 Å². The predicted molar refractivity (Wildman–Crippen MR) is 91.5 cm³/mol. The number of fused-ring (bicyclic) bond motifs is 3. The molecular formula is C15H17BrN4O2. The van der Waals surface area contributed by atoms with E-state index in [2.05, 4.69) is 36.1 Å². The largest absolute Gasteiger partial charge is 0.449 e. The number of hydrogen-bond donors (Lipinski definition) is 2. The Labute approximate surface area is 135 Å². The molecule has 0 aliphatic heterocycles. The number of anilines is 1. The molecule has 0 fully saturated rings. The van der Waals surface area contributed by atoms with Gasteiger partial charge in [-0.15, -0.1) is 0 Å². The minimum absolute atomic E-state index is 0.256. The number of aromatic nitrogens is 2. The summed E-state index contributed by atoms with van der Waals surface area (Å²) in [7, 11) is 4.06. The van der Waals surface area contributed by atoms with Crippen LogP contribution in [0, 0.1) is 0 Å². The molecule has 2 N–H and O–H groups in total. The van der Waals surface area contributed by atoms with Crippen LogP contribution in [-0.2, 0) is 0 Å². The lowest BCUT2D eigenvalue weighted by Gasteiger charge is -2.09. The van der Waals surface area contributed by atoms with Crippen molar-refractivity contribution in [1.29, 1.82) is 0 Å². The molecule has 0 radical (unpaired) electrons. The molecule has 2 aromatic heterocycles. The van der Waals surface area contributed by atoms with E-state index in [1.54, 1.807) is 0 Å². The molecule has 0 saturated carbocycles. The molecule has 7 heteroatoms. The van der Waals surface area contributed by atoms with E-state index in [4.69, 9.17) is 4.42 Å². The monoisotopic (exact) mass is 364 g/mol. The SMILES string of the molecule is CN(C)CCCNc1nc2c(oc3ccc(Br)cc32)c(=O)[nH]1. The van der Waals surface area contributed by atoms with Gasteiger partial charge in [-0.1, -0.05) is 15.9 Å². The zero-order chi connectivity index (χ0) is 15.7. The molecule has 0 aliphatic rings. The molecule has 3 aromatic rings. The summed E-state index contributed by atoms with van der Waals surface area (Å²) in [4.78, 5) is 21.5. The van der Waals surface area contributed by atoms with Crippen LogP contribution in [0.2, 0.25) is 0 Å². The first-order valence-corrected chi connectivity index (χ1v) is 7.84. The molecule has 1 aromatic carbocycles. The maximum atomic E-state index is 12.1. The number of halogens is 1. The van der Waals surface area contributed by atoms with E-state index in [0.717, 1.165) is 29.4 Å². The van der Waals surface area contributed by atoms with Gasteiger partial charge in [0.25, 0.3) is 5.56 Å². The highest BCUT2D eigenvalue weighted by Gasteiger charge is 2.13. The molecule has 0 spiro atoms. The molecule has 22 heavy (non-hydrogen) atoms. The second-order valence-electron chi connectivity index (χ2n) is 5.42. The van der Waals surface area contributed by atoms with E-state index in [1.807, 2.05) is 32.3 Å². The summed E-state index contributed by atoms with van der Waals surface area (Å²) in [5, 5.41) is 3.98. The number of aromatic amines is 1. The van der Waals surface area contributed by atoms with E-state index in [9.17, 15) is 4.79 Å². The molecule has 2 heterocycles. The van der Waals surface area contributed by atoms with Crippen molar-refractivity contribution in [3.8, 4) is 0 Å². The van der Waals surface area contributed by atoms with E-state index in [-0.39, 0.29) is 11.1 Å².